The van der Waals surface area contributed by atoms with E-state index in [1.165, 1.54) is 12.1 Å². The maximum atomic E-state index is 11.5. The molecule has 0 aromatic carbocycles. The highest BCUT2D eigenvalue weighted by molar-refractivity contribution is 5.97. The number of aliphatic carboxylic acids is 1. The number of carboxylic acid groups (broad SMARTS) is 1. The molecule has 1 aromatic heterocycles. The SMILES string of the molecule is O=C(O)[C@H]1C[C@H]1C(=O)Nc1ccc(=O)[nH]n1. The number of aromatic amines is 1. The van der Waals surface area contributed by atoms with Gasteiger partial charge in [0.25, 0.3) is 5.56 Å². The van der Waals surface area contributed by atoms with E-state index in [-0.39, 0.29) is 17.3 Å². The summed E-state index contributed by atoms with van der Waals surface area (Å²) < 4.78 is 0. The Kier molecular flexibility index (Phi) is 2.43. The summed E-state index contributed by atoms with van der Waals surface area (Å²) in [6, 6.07) is 2.58. The standard InChI is InChI=1S/C9H9N3O4/c13-7-2-1-6(11-12-7)10-8(14)4-3-5(4)9(15)16/h1-2,4-5H,3H2,(H,12,13)(H,15,16)(H,10,11,14)/t4-,5+/m1/s1. The van der Waals surface area contributed by atoms with Crippen LogP contribution in [0.1, 0.15) is 6.42 Å². The molecule has 1 amide bonds. The normalized spacial score (nSPS) is 22.5. The zero-order valence-corrected chi connectivity index (χ0v) is 8.14. The maximum Gasteiger partial charge on any atom is 0.307 e. The Morgan fingerprint density at radius 2 is 2.19 bits per heavy atom. The first kappa shape index (κ1) is 10.3. The summed E-state index contributed by atoms with van der Waals surface area (Å²) in [5, 5.41) is 16.8. The molecule has 3 N–H and O–H groups in total. The minimum atomic E-state index is -0.963. The monoisotopic (exact) mass is 223 g/mol. The van der Waals surface area contributed by atoms with Crippen molar-refractivity contribution in [1.29, 1.82) is 0 Å². The molecule has 0 bridgehead atoms. The van der Waals surface area contributed by atoms with Crippen molar-refractivity contribution in [3.8, 4) is 0 Å². The smallest absolute Gasteiger partial charge is 0.307 e. The quantitative estimate of drug-likeness (QED) is 0.635. The number of H-pyrrole nitrogens is 1. The van der Waals surface area contributed by atoms with E-state index in [1.54, 1.807) is 0 Å². The number of aromatic nitrogens is 2. The Morgan fingerprint density at radius 3 is 2.69 bits per heavy atom. The van der Waals surface area contributed by atoms with E-state index < -0.39 is 17.8 Å². The van der Waals surface area contributed by atoms with Crippen LogP contribution in [0.5, 0.6) is 0 Å². The molecule has 2 atom stereocenters. The highest BCUT2D eigenvalue weighted by Crippen LogP contribution is 2.39. The first-order chi connectivity index (χ1) is 7.58. The minimum Gasteiger partial charge on any atom is -0.481 e. The minimum absolute atomic E-state index is 0.209. The summed E-state index contributed by atoms with van der Waals surface area (Å²) in [5.74, 6) is -2.23. The molecule has 2 rings (SSSR count). The molecule has 0 radical (unpaired) electrons. The lowest BCUT2D eigenvalue weighted by Crippen LogP contribution is -2.19. The largest absolute Gasteiger partial charge is 0.481 e. The number of carboxylic acids is 1. The van der Waals surface area contributed by atoms with Gasteiger partial charge in [-0.15, -0.1) is 0 Å². The first-order valence-corrected chi connectivity index (χ1v) is 4.67. The molecule has 16 heavy (non-hydrogen) atoms. The Hall–Kier alpha value is -2.18. The van der Waals surface area contributed by atoms with Gasteiger partial charge in [-0.1, -0.05) is 0 Å². The lowest BCUT2D eigenvalue weighted by Gasteiger charge is -2.01. The van der Waals surface area contributed by atoms with Crippen LogP contribution in [0.25, 0.3) is 0 Å². The topological polar surface area (TPSA) is 112 Å². The summed E-state index contributed by atoms with van der Waals surface area (Å²) in [6.45, 7) is 0. The Bertz CT molecular complexity index is 475. The lowest BCUT2D eigenvalue weighted by molar-refractivity contribution is -0.139. The van der Waals surface area contributed by atoms with E-state index in [0.29, 0.717) is 6.42 Å². The first-order valence-electron chi connectivity index (χ1n) is 4.67. The molecule has 7 nitrogen and oxygen atoms in total. The van der Waals surface area contributed by atoms with Gasteiger partial charge in [0.05, 0.1) is 11.8 Å². The van der Waals surface area contributed by atoms with Crippen LogP contribution in [0.3, 0.4) is 0 Å². The van der Waals surface area contributed by atoms with Gasteiger partial charge in [-0.25, -0.2) is 5.10 Å². The number of nitrogens with one attached hydrogen (secondary N) is 2. The third kappa shape index (κ3) is 2.08. The predicted octanol–water partition coefficient (Wildman–Crippen LogP) is -0.571. The molecule has 1 aliphatic rings. The maximum absolute atomic E-state index is 11.5. The Balaban J connectivity index is 1.96. The van der Waals surface area contributed by atoms with E-state index in [9.17, 15) is 14.4 Å². The van der Waals surface area contributed by atoms with Gasteiger partial charge in [-0.3, -0.25) is 14.4 Å². The van der Waals surface area contributed by atoms with Gasteiger partial charge in [0.2, 0.25) is 5.91 Å². The van der Waals surface area contributed by atoms with Gasteiger partial charge < -0.3 is 10.4 Å². The average Bonchev–Trinajstić information content (AvgIpc) is 3.01. The van der Waals surface area contributed by atoms with Crippen LogP contribution in [-0.4, -0.2) is 27.2 Å². The number of hydrogen-bond donors (Lipinski definition) is 3. The third-order valence-electron chi connectivity index (χ3n) is 2.37. The number of rotatable bonds is 3. The molecule has 1 fully saturated rings. The second kappa shape index (κ2) is 3.76. The number of amides is 1. The van der Waals surface area contributed by atoms with Crippen LogP contribution in [-0.2, 0) is 9.59 Å². The van der Waals surface area contributed by atoms with Crippen LogP contribution in [0.15, 0.2) is 16.9 Å². The van der Waals surface area contributed by atoms with Crippen molar-refractivity contribution in [3.05, 3.63) is 22.5 Å². The summed E-state index contributed by atoms with van der Waals surface area (Å²) in [4.78, 5) is 32.7. The van der Waals surface area contributed by atoms with Crippen molar-refractivity contribution in [2.45, 2.75) is 6.42 Å². The number of carbonyl (C=O) groups excluding carboxylic acids is 1. The molecular formula is C9H9N3O4. The van der Waals surface area contributed by atoms with Gasteiger partial charge in [-0.2, -0.15) is 5.10 Å². The fraction of sp³-hybridized carbons (Fsp3) is 0.333. The molecule has 1 saturated carbocycles. The lowest BCUT2D eigenvalue weighted by atomic mass is 10.3. The zero-order chi connectivity index (χ0) is 11.7. The molecule has 0 saturated heterocycles. The van der Waals surface area contributed by atoms with E-state index in [1.807, 2.05) is 0 Å². The Morgan fingerprint density at radius 1 is 1.44 bits per heavy atom. The van der Waals surface area contributed by atoms with Crippen LogP contribution in [0, 0.1) is 11.8 Å². The van der Waals surface area contributed by atoms with Crippen molar-refractivity contribution in [1.82, 2.24) is 10.2 Å². The van der Waals surface area contributed by atoms with E-state index in [2.05, 4.69) is 15.5 Å². The highest BCUT2D eigenvalue weighted by Gasteiger charge is 2.48. The highest BCUT2D eigenvalue weighted by atomic mass is 16.4. The van der Waals surface area contributed by atoms with E-state index in [0.717, 1.165) is 0 Å². The van der Waals surface area contributed by atoms with Crippen molar-refractivity contribution < 1.29 is 14.7 Å². The summed E-state index contributed by atoms with van der Waals surface area (Å²) >= 11 is 0. The second-order valence-corrected chi connectivity index (χ2v) is 3.58. The van der Waals surface area contributed by atoms with Gasteiger partial charge >= 0.3 is 5.97 Å². The molecular weight excluding hydrogens is 214 g/mol. The number of nitrogens with zero attached hydrogens (tertiary/aromatic N) is 1. The van der Waals surface area contributed by atoms with Crippen molar-refractivity contribution in [2.75, 3.05) is 5.32 Å². The zero-order valence-electron chi connectivity index (χ0n) is 8.14. The summed E-state index contributed by atoms with van der Waals surface area (Å²) in [5.41, 5.74) is -0.368. The van der Waals surface area contributed by atoms with Crippen molar-refractivity contribution in [2.24, 2.45) is 11.8 Å². The number of anilines is 1. The van der Waals surface area contributed by atoms with Gasteiger partial charge in [0, 0.05) is 6.07 Å². The van der Waals surface area contributed by atoms with Crippen LogP contribution >= 0.6 is 0 Å². The number of carbonyl (C=O) groups is 2. The fourth-order valence-electron chi connectivity index (χ4n) is 1.39. The summed E-state index contributed by atoms with van der Waals surface area (Å²) in [6.07, 6.45) is 0.352. The van der Waals surface area contributed by atoms with Crippen LogP contribution in [0.4, 0.5) is 5.82 Å². The molecule has 84 valence electrons. The van der Waals surface area contributed by atoms with Gasteiger partial charge in [0.15, 0.2) is 5.82 Å². The second-order valence-electron chi connectivity index (χ2n) is 3.58. The molecule has 7 heteroatoms. The third-order valence-corrected chi connectivity index (χ3v) is 2.37. The van der Waals surface area contributed by atoms with E-state index in [4.69, 9.17) is 5.11 Å². The van der Waals surface area contributed by atoms with Gasteiger partial charge in [-0.05, 0) is 12.5 Å². The van der Waals surface area contributed by atoms with Gasteiger partial charge in [0.1, 0.15) is 0 Å². The molecule has 0 aliphatic heterocycles. The van der Waals surface area contributed by atoms with Crippen molar-refractivity contribution >= 4 is 17.7 Å². The average molecular weight is 223 g/mol. The van der Waals surface area contributed by atoms with Crippen molar-refractivity contribution in [3.63, 3.8) is 0 Å². The molecule has 0 unspecified atom stereocenters. The molecule has 1 heterocycles. The van der Waals surface area contributed by atoms with E-state index >= 15 is 0 Å². The van der Waals surface area contributed by atoms with Crippen LogP contribution < -0.4 is 10.9 Å². The predicted molar refractivity (Wildman–Crippen MR) is 52.7 cm³/mol. The fourth-order valence-corrected chi connectivity index (χ4v) is 1.39. The molecule has 1 aromatic rings. The Labute approximate surface area is 89.5 Å². The molecule has 1 aliphatic carbocycles. The van der Waals surface area contributed by atoms with Crippen LogP contribution in [0.2, 0.25) is 0 Å². The number of hydrogen-bond acceptors (Lipinski definition) is 4. The summed E-state index contributed by atoms with van der Waals surface area (Å²) in [7, 11) is 0. The molecule has 0 spiro atoms.